The van der Waals surface area contributed by atoms with Gasteiger partial charge in [0.25, 0.3) is 0 Å². The van der Waals surface area contributed by atoms with Gasteiger partial charge in [-0.15, -0.1) is 0 Å². The first kappa shape index (κ1) is 17.8. The van der Waals surface area contributed by atoms with Crippen LogP contribution < -0.4 is 0 Å². The summed E-state index contributed by atoms with van der Waals surface area (Å²) in [4.78, 5) is 5.17. The summed E-state index contributed by atoms with van der Waals surface area (Å²) in [5, 5.41) is 0. The minimum absolute atomic E-state index is 0.533. The largest absolute Gasteiger partial charge is 0.339 e. The average Bonchev–Trinajstić information content (AvgIpc) is 2.53. The van der Waals surface area contributed by atoms with Crippen molar-refractivity contribution >= 4 is 22.3 Å². The molecule has 1 fully saturated rings. The molecule has 1 aliphatic heterocycles. The van der Waals surface area contributed by atoms with Gasteiger partial charge in [-0.25, -0.2) is 0 Å². The van der Waals surface area contributed by atoms with Crippen LogP contribution in [0.15, 0.2) is 4.66 Å². The van der Waals surface area contributed by atoms with Gasteiger partial charge in [0.1, 0.15) is 0 Å². The number of rotatable bonds is 4. The van der Waals surface area contributed by atoms with E-state index in [0.29, 0.717) is 17.7 Å². The highest BCUT2D eigenvalue weighted by molar-refractivity contribution is 6.78. The van der Waals surface area contributed by atoms with Crippen LogP contribution >= 0.6 is 0 Å². The molecule has 1 heterocycles. The van der Waals surface area contributed by atoms with E-state index < -0.39 is 16.3 Å². The summed E-state index contributed by atoms with van der Waals surface area (Å²) >= 11 is 0. The lowest BCUT2D eigenvalue weighted by Gasteiger charge is -2.37. The summed E-state index contributed by atoms with van der Waals surface area (Å²) in [5.41, 5.74) is 0.681. The summed E-state index contributed by atoms with van der Waals surface area (Å²) in [7, 11) is -2.70. The maximum atomic E-state index is 5.21. The van der Waals surface area contributed by atoms with Crippen molar-refractivity contribution in [3.63, 3.8) is 0 Å². The molecule has 5 heteroatoms. The van der Waals surface area contributed by atoms with Crippen LogP contribution in [0.1, 0.15) is 27.7 Å². The molecule has 3 nitrogen and oxygen atoms in total. The molecule has 1 saturated heterocycles. The van der Waals surface area contributed by atoms with Crippen molar-refractivity contribution < 1.29 is 0 Å². The van der Waals surface area contributed by atoms with Gasteiger partial charge in [0, 0.05) is 24.3 Å². The van der Waals surface area contributed by atoms with E-state index in [9.17, 15) is 0 Å². The Morgan fingerprint density at radius 2 is 1.45 bits per heavy atom. The van der Waals surface area contributed by atoms with Crippen LogP contribution in [0.5, 0.6) is 0 Å². The van der Waals surface area contributed by atoms with Gasteiger partial charge in [-0.2, -0.15) is 0 Å². The number of hydrogen-bond donors (Lipinski definition) is 0. The van der Waals surface area contributed by atoms with Crippen LogP contribution in [0.3, 0.4) is 0 Å². The zero-order chi connectivity index (χ0) is 15.9. The molecular formula is C15H35N3Si2. The molecule has 1 atom stereocenters. The van der Waals surface area contributed by atoms with Crippen LogP contribution in [0.4, 0.5) is 0 Å². The van der Waals surface area contributed by atoms with Crippen molar-refractivity contribution in [3.8, 4) is 0 Å². The maximum Gasteiger partial charge on any atom is 0.187 e. The molecule has 0 spiro atoms. The molecule has 0 bridgehead atoms. The molecule has 1 aliphatic rings. The van der Waals surface area contributed by atoms with Crippen molar-refractivity contribution in [2.45, 2.75) is 84.7 Å². The molecule has 1 unspecified atom stereocenters. The van der Waals surface area contributed by atoms with Crippen LogP contribution in [0.2, 0.25) is 39.3 Å². The van der Waals surface area contributed by atoms with Crippen LogP contribution in [0, 0.1) is 0 Å². The Bertz CT molecular complexity index is 364. The fourth-order valence-corrected chi connectivity index (χ4v) is 5.63. The van der Waals surface area contributed by atoms with Gasteiger partial charge in [-0.05, 0) is 47.3 Å². The number of hydrogen-bond acceptors (Lipinski definition) is 1. The lowest BCUT2D eigenvalue weighted by atomic mass is 10.3. The first-order valence-corrected chi connectivity index (χ1v) is 15.0. The Labute approximate surface area is 128 Å². The minimum atomic E-state index is -1.47. The minimum Gasteiger partial charge on any atom is -0.339 e. The van der Waals surface area contributed by atoms with E-state index in [1.165, 1.54) is 5.96 Å². The normalized spacial score (nSPS) is 23.6. The van der Waals surface area contributed by atoms with Gasteiger partial charge in [-0.1, -0.05) is 19.6 Å². The van der Waals surface area contributed by atoms with E-state index in [4.69, 9.17) is 4.66 Å². The first-order chi connectivity index (χ1) is 8.84. The summed E-state index contributed by atoms with van der Waals surface area (Å²) < 4.78 is 5.21. The molecule has 0 aromatic rings. The lowest BCUT2D eigenvalue weighted by molar-refractivity contribution is 0.346. The smallest absolute Gasteiger partial charge is 0.187 e. The van der Waals surface area contributed by atoms with Crippen molar-refractivity contribution in [3.05, 3.63) is 0 Å². The Morgan fingerprint density at radius 1 is 0.950 bits per heavy atom. The van der Waals surface area contributed by atoms with Gasteiger partial charge in [-0.3, -0.25) is 4.66 Å². The van der Waals surface area contributed by atoms with Crippen molar-refractivity contribution in [1.82, 2.24) is 9.80 Å². The predicted octanol–water partition coefficient (Wildman–Crippen LogP) is 3.86. The van der Waals surface area contributed by atoms with E-state index >= 15 is 0 Å². The van der Waals surface area contributed by atoms with Crippen LogP contribution in [-0.4, -0.2) is 56.4 Å². The second-order valence-corrected chi connectivity index (χ2v) is 18.7. The van der Waals surface area contributed by atoms with E-state index in [1.54, 1.807) is 0 Å². The van der Waals surface area contributed by atoms with Gasteiger partial charge in [0.2, 0.25) is 0 Å². The molecule has 0 aromatic heterocycles. The molecular weight excluding hydrogens is 278 g/mol. The molecule has 0 saturated carbocycles. The van der Waals surface area contributed by atoms with Crippen molar-refractivity contribution in [2.24, 2.45) is 4.66 Å². The summed E-state index contributed by atoms with van der Waals surface area (Å²) in [5.74, 6) is 1.28. The van der Waals surface area contributed by atoms with Gasteiger partial charge in [0.15, 0.2) is 14.2 Å². The van der Waals surface area contributed by atoms with E-state index in [1.807, 2.05) is 0 Å². The molecule has 1 rings (SSSR count). The molecule has 0 aliphatic carbocycles. The standard InChI is InChI=1S/C15H35N3Si2/c1-12(2)17-11-14(19(5,6)7)18(13(3)4)15(17)16-20(8,9)10/h12-14H,11H2,1-10H3. The molecule has 0 amide bonds. The Morgan fingerprint density at radius 3 is 1.75 bits per heavy atom. The second-order valence-electron chi connectivity index (χ2n) is 8.71. The van der Waals surface area contributed by atoms with E-state index in [-0.39, 0.29) is 0 Å². The lowest BCUT2D eigenvalue weighted by Crippen LogP contribution is -2.53. The molecule has 118 valence electrons. The van der Waals surface area contributed by atoms with Gasteiger partial charge >= 0.3 is 0 Å². The fraction of sp³-hybridized carbons (Fsp3) is 0.933. The monoisotopic (exact) mass is 313 g/mol. The highest BCUT2D eigenvalue weighted by atomic mass is 28.3. The Balaban J connectivity index is 3.30. The highest BCUT2D eigenvalue weighted by Crippen LogP contribution is 2.28. The highest BCUT2D eigenvalue weighted by Gasteiger charge is 2.44. The number of guanidine groups is 1. The molecule has 0 radical (unpaired) electrons. The summed E-state index contributed by atoms with van der Waals surface area (Å²) in [6, 6.07) is 1.07. The van der Waals surface area contributed by atoms with Crippen LogP contribution in [0.25, 0.3) is 0 Å². The third kappa shape index (κ3) is 4.10. The van der Waals surface area contributed by atoms with E-state index in [0.717, 1.165) is 6.54 Å². The third-order valence-corrected chi connectivity index (χ3v) is 7.14. The zero-order valence-corrected chi connectivity index (χ0v) is 17.3. The fourth-order valence-electron chi connectivity index (χ4n) is 2.79. The molecule has 0 N–H and O–H groups in total. The zero-order valence-electron chi connectivity index (χ0n) is 15.3. The SMILES string of the molecule is CC(C)N1CC([Si](C)(C)C)N(C(C)C)C1=N[Si](C)(C)C. The molecule has 20 heavy (non-hydrogen) atoms. The number of nitrogens with zero attached hydrogens (tertiary/aromatic N) is 3. The Kier molecular flexibility index (Phi) is 5.18. The van der Waals surface area contributed by atoms with Crippen molar-refractivity contribution in [1.29, 1.82) is 0 Å². The third-order valence-electron chi connectivity index (χ3n) is 3.81. The van der Waals surface area contributed by atoms with Gasteiger partial charge in [0.05, 0.1) is 8.07 Å². The van der Waals surface area contributed by atoms with Gasteiger partial charge < -0.3 is 9.80 Å². The quantitative estimate of drug-likeness (QED) is 0.734. The second kappa shape index (κ2) is 5.83. The molecule has 0 aromatic carbocycles. The maximum absolute atomic E-state index is 5.21. The van der Waals surface area contributed by atoms with Crippen molar-refractivity contribution in [2.75, 3.05) is 6.54 Å². The Hall–Kier alpha value is -0.296. The predicted molar refractivity (Wildman–Crippen MR) is 96.7 cm³/mol. The first-order valence-electron chi connectivity index (χ1n) is 7.99. The summed E-state index contributed by atoms with van der Waals surface area (Å²) in [6.45, 7) is 24.9. The van der Waals surface area contributed by atoms with Crippen LogP contribution in [-0.2, 0) is 0 Å². The summed E-state index contributed by atoms with van der Waals surface area (Å²) in [6.07, 6.45) is 0. The van der Waals surface area contributed by atoms with E-state index in [2.05, 4.69) is 76.8 Å². The average molecular weight is 314 g/mol. The topological polar surface area (TPSA) is 18.8 Å².